The summed E-state index contributed by atoms with van der Waals surface area (Å²) in [5, 5.41) is 0. The monoisotopic (exact) mass is 301 g/mol. The van der Waals surface area contributed by atoms with E-state index in [1.807, 2.05) is 25.1 Å². The van der Waals surface area contributed by atoms with Crippen molar-refractivity contribution in [2.45, 2.75) is 25.8 Å². The summed E-state index contributed by atoms with van der Waals surface area (Å²) in [6, 6.07) is 5.76. The van der Waals surface area contributed by atoms with E-state index < -0.39 is 9.84 Å². The number of rotatable bonds is 8. The number of ether oxygens (including phenoxy) is 2. The van der Waals surface area contributed by atoms with Gasteiger partial charge in [0, 0.05) is 12.3 Å². The highest BCUT2D eigenvalue weighted by Crippen LogP contribution is 2.28. The van der Waals surface area contributed by atoms with Gasteiger partial charge in [-0.15, -0.1) is 0 Å². The zero-order valence-electron chi connectivity index (χ0n) is 12.3. The predicted octanol–water partition coefficient (Wildman–Crippen LogP) is 1.40. The maximum atomic E-state index is 11.0. The number of methoxy groups -OCH3 is 1. The maximum absolute atomic E-state index is 11.0. The van der Waals surface area contributed by atoms with Gasteiger partial charge in [0.15, 0.2) is 11.5 Å². The van der Waals surface area contributed by atoms with E-state index >= 15 is 0 Å². The van der Waals surface area contributed by atoms with Crippen LogP contribution in [0.1, 0.15) is 18.9 Å². The Kier molecular flexibility index (Phi) is 6.29. The summed E-state index contributed by atoms with van der Waals surface area (Å²) in [5.74, 6) is 1.38. The Labute approximate surface area is 121 Å². The molecule has 0 bridgehead atoms. The average molecular weight is 301 g/mol. The quantitative estimate of drug-likeness (QED) is 0.734. The molecular formula is C14H23NO4S. The molecule has 5 nitrogen and oxygen atoms in total. The fourth-order valence-corrected chi connectivity index (χ4v) is 2.48. The second-order valence-corrected chi connectivity index (χ2v) is 7.26. The molecule has 0 saturated heterocycles. The highest BCUT2D eigenvalue weighted by molar-refractivity contribution is 7.90. The molecule has 0 saturated carbocycles. The number of nitrogens with two attached hydrogens (primary N) is 1. The van der Waals surface area contributed by atoms with E-state index in [-0.39, 0.29) is 11.8 Å². The largest absolute Gasteiger partial charge is 0.493 e. The fraction of sp³-hybridized carbons (Fsp3) is 0.571. The van der Waals surface area contributed by atoms with Crippen LogP contribution in [0.4, 0.5) is 0 Å². The summed E-state index contributed by atoms with van der Waals surface area (Å²) in [6.45, 7) is 2.29. The summed E-state index contributed by atoms with van der Waals surface area (Å²) < 4.78 is 32.9. The number of sulfone groups is 1. The average Bonchev–Trinajstić information content (AvgIpc) is 2.33. The van der Waals surface area contributed by atoms with E-state index in [0.717, 1.165) is 12.0 Å². The van der Waals surface area contributed by atoms with Crippen molar-refractivity contribution in [3.8, 4) is 11.5 Å². The van der Waals surface area contributed by atoms with Crippen LogP contribution in [0.15, 0.2) is 18.2 Å². The van der Waals surface area contributed by atoms with E-state index in [1.165, 1.54) is 6.26 Å². The Balaban J connectivity index is 2.61. The van der Waals surface area contributed by atoms with Gasteiger partial charge in [0.05, 0.1) is 19.5 Å². The summed E-state index contributed by atoms with van der Waals surface area (Å²) in [5.41, 5.74) is 6.85. The van der Waals surface area contributed by atoms with Crippen LogP contribution in [-0.4, -0.2) is 40.2 Å². The molecule has 0 spiro atoms. The van der Waals surface area contributed by atoms with Crippen molar-refractivity contribution in [3.63, 3.8) is 0 Å². The van der Waals surface area contributed by atoms with Gasteiger partial charge < -0.3 is 15.2 Å². The number of hydrogen-bond donors (Lipinski definition) is 1. The Morgan fingerprint density at radius 3 is 2.55 bits per heavy atom. The molecule has 1 rings (SSSR count). The Bertz CT molecular complexity index is 526. The first-order chi connectivity index (χ1) is 9.31. The first-order valence-electron chi connectivity index (χ1n) is 6.55. The lowest BCUT2D eigenvalue weighted by Crippen LogP contribution is -2.17. The topological polar surface area (TPSA) is 78.6 Å². The van der Waals surface area contributed by atoms with Gasteiger partial charge in [0.1, 0.15) is 9.84 Å². The van der Waals surface area contributed by atoms with Gasteiger partial charge in [-0.05, 0) is 37.5 Å². The van der Waals surface area contributed by atoms with Gasteiger partial charge in [-0.3, -0.25) is 0 Å². The summed E-state index contributed by atoms with van der Waals surface area (Å²) in [4.78, 5) is 0. The van der Waals surface area contributed by atoms with Gasteiger partial charge >= 0.3 is 0 Å². The third-order valence-electron chi connectivity index (χ3n) is 2.70. The Morgan fingerprint density at radius 1 is 1.30 bits per heavy atom. The minimum Gasteiger partial charge on any atom is -0.493 e. The van der Waals surface area contributed by atoms with Crippen LogP contribution >= 0.6 is 0 Å². The van der Waals surface area contributed by atoms with Gasteiger partial charge in [0.25, 0.3) is 0 Å². The summed E-state index contributed by atoms with van der Waals surface area (Å²) >= 11 is 0. The van der Waals surface area contributed by atoms with Gasteiger partial charge in [-0.2, -0.15) is 0 Å². The van der Waals surface area contributed by atoms with Crippen LogP contribution in [0.2, 0.25) is 0 Å². The molecule has 1 aromatic carbocycles. The van der Waals surface area contributed by atoms with E-state index in [4.69, 9.17) is 15.2 Å². The molecule has 0 amide bonds. The van der Waals surface area contributed by atoms with Crippen molar-refractivity contribution < 1.29 is 17.9 Å². The Morgan fingerprint density at radius 2 is 2.00 bits per heavy atom. The lowest BCUT2D eigenvalue weighted by atomic mass is 10.1. The molecule has 0 aromatic heterocycles. The molecule has 114 valence electrons. The molecular weight excluding hydrogens is 278 g/mol. The molecule has 0 aliphatic rings. The molecule has 0 fully saturated rings. The second-order valence-electron chi connectivity index (χ2n) is 5.00. The first-order valence-corrected chi connectivity index (χ1v) is 8.61. The minimum atomic E-state index is -2.94. The van der Waals surface area contributed by atoms with Crippen LogP contribution in [0, 0.1) is 0 Å². The summed E-state index contributed by atoms with van der Waals surface area (Å²) in [7, 11) is -1.36. The SMILES string of the molecule is COc1cc(CC(C)N)ccc1OCCCS(C)(=O)=O. The molecule has 2 N–H and O–H groups in total. The van der Waals surface area contributed by atoms with Crippen LogP contribution in [-0.2, 0) is 16.3 Å². The van der Waals surface area contributed by atoms with Gasteiger partial charge in [-0.1, -0.05) is 6.07 Å². The highest BCUT2D eigenvalue weighted by Gasteiger charge is 2.08. The van der Waals surface area contributed by atoms with Crippen molar-refractivity contribution >= 4 is 9.84 Å². The van der Waals surface area contributed by atoms with Gasteiger partial charge in [0.2, 0.25) is 0 Å². The van der Waals surface area contributed by atoms with Crippen molar-refractivity contribution in [2.75, 3.05) is 25.7 Å². The molecule has 6 heteroatoms. The van der Waals surface area contributed by atoms with Crippen molar-refractivity contribution in [1.82, 2.24) is 0 Å². The maximum Gasteiger partial charge on any atom is 0.161 e. The van der Waals surface area contributed by atoms with Crippen molar-refractivity contribution in [3.05, 3.63) is 23.8 Å². The van der Waals surface area contributed by atoms with Crippen molar-refractivity contribution in [2.24, 2.45) is 5.73 Å². The van der Waals surface area contributed by atoms with E-state index in [2.05, 4.69) is 0 Å². The van der Waals surface area contributed by atoms with Crippen LogP contribution in [0.3, 0.4) is 0 Å². The molecule has 1 unspecified atom stereocenters. The Hall–Kier alpha value is -1.27. The number of benzene rings is 1. The smallest absolute Gasteiger partial charge is 0.161 e. The molecule has 0 aliphatic heterocycles. The lowest BCUT2D eigenvalue weighted by molar-refractivity contribution is 0.294. The third-order valence-corrected chi connectivity index (χ3v) is 3.73. The standard InChI is InChI=1S/C14H23NO4S/c1-11(15)9-12-5-6-13(14(10-12)18-2)19-7-4-8-20(3,16)17/h5-6,10-11H,4,7-9,15H2,1-3H3. The molecule has 20 heavy (non-hydrogen) atoms. The molecule has 0 radical (unpaired) electrons. The summed E-state index contributed by atoms with van der Waals surface area (Å²) in [6.07, 6.45) is 2.45. The van der Waals surface area contributed by atoms with Gasteiger partial charge in [-0.25, -0.2) is 8.42 Å². The minimum absolute atomic E-state index is 0.0845. The first kappa shape index (κ1) is 16.8. The molecule has 0 heterocycles. The predicted molar refractivity (Wildman–Crippen MR) is 80.2 cm³/mol. The van der Waals surface area contributed by atoms with Crippen LogP contribution < -0.4 is 15.2 Å². The molecule has 0 aliphatic carbocycles. The second kappa shape index (κ2) is 7.50. The highest BCUT2D eigenvalue weighted by atomic mass is 32.2. The lowest BCUT2D eigenvalue weighted by Gasteiger charge is -2.13. The van der Waals surface area contributed by atoms with Crippen LogP contribution in [0.5, 0.6) is 11.5 Å². The normalized spacial score (nSPS) is 13.0. The van der Waals surface area contributed by atoms with E-state index in [1.54, 1.807) is 7.11 Å². The van der Waals surface area contributed by atoms with Crippen molar-refractivity contribution in [1.29, 1.82) is 0 Å². The zero-order chi connectivity index (χ0) is 15.2. The van der Waals surface area contributed by atoms with E-state index in [0.29, 0.717) is 24.5 Å². The van der Waals surface area contributed by atoms with Crippen LogP contribution in [0.25, 0.3) is 0 Å². The zero-order valence-corrected chi connectivity index (χ0v) is 13.1. The molecule has 1 aromatic rings. The third kappa shape index (κ3) is 6.25. The number of hydrogen-bond acceptors (Lipinski definition) is 5. The fourth-order valence-electron chi connectivity index (χ4n) is 1.83. The molecule has 1 atom stereocenters. The van der Waals surface area contributed by atoms with E-state index in [9.17, 15) is 8.42 Å².